The number of halogens is 2. The lowest BCUT2D eigenvalue weighted by Gasteiger charge is -2.31. The van der Waals surface area contributed by atoms with Gasteiger partial charge in [-0.15, -0.1) is 24.8 Å². The van der Waals surface area contributed by atoms with Gasteiger partial charge in [-0.2, -0.15) is 20.5 Å². The molecule has 0 spiro atoms. The molecule has 0 fully saturated rings. The number of hydrogen-bond acceptors (Lipinski definition) is 14. The van der Waals surface area contributed by atoms with Gasteiger partial charge >= 0.3 is 0 Å². The first-order chi connectivity index (χ1) is 19.7. The van der Waals surface area contributed by atoms with Crippen LogP contribution in [0.2, 0.25) is 0 Å². The molecule has 4 heterocycles. The largest absolute Gasteiger partial charge is 0.395 e. The number of β-amino-alcohol motifs (C(OH)–C–C–N with tert-alkyl or cyclic N) is 2. The number of nitrogens with one attached hydrogen (secondary N) is 2. The van der Waals surface area contributed by atoms with Crippen LogP contribution in [0.4, 0.5) is 0 Å². The SMILES string of the molecule is CC(C)(N=NC(C)(C)C1=NCCN1)C1=NCCN1.CC(C)(N=NC(C)(C)C1=NCCN1CCO)C1=NCCN1CCO.Cl.Cl. The van der Waals surface area contributed by atoms with Crippen LogP contribution in [-0.4, -0.2) is 144 Å². The van der Waals surface area contributed by atoms with Crippen LogP contribution in [0.15, 0.2) is 40.4 Å². The Hall–Kier alpha value is -2.42. The first-order valence-corrected chi connectivity index (χ1v) is 15.0. The molecule has 0 aromatic heterocycles. The molecule has 4 aliphatic rings. The van der Waals surface area contributed by atoms with E-state index in [4.69, 9.17) is 0 Å². The summed E-state index contributed by atoms with van der Waals surface area (Å²) in [6, 6.07) is 0. The van der Waals surface area contributed by atoms with Crippen LogP contribution in [0.25, 0.3) is 0 Å². The van der Waals surface area contributed by atoms with Crippen LogP contribution in [0, 0.1) is 0 Å². The normalized spacial score (nSPS) is 19.0. The number of rotatable bonds is 12. The van der Waals surface area contributed by atoms with Crippen molar-refractivity contribution in [2.45, 2.75) is 77.5 Å². The maximum absolute atomic E-state index is 9.20. The van der Waals surface area contributed by atoms with Gasteiger partial charge in [0.25, 0.3) is 0 Å². The van der Waals surface area contributed by atoms with Crippen molar-refractivity contribution in [1.29, 1.82) is 0 Å². The average Bonchev–Trinajstić information content (AvgIpc) is 3.75. The van der Waals surface area contributed by atoms with E-state index in [-0.39, 0.29) is 38.0 Å². The summed E-state index contributed by atoms with van der Waals surface area (Å²) in [5.74, 6) is 3.58. The van der Waals surface area contributed by atoms with Crippen LogP contribution in [0.1, 0.15) is 55.4 Å². The minimum Gasteiger partial charge on any atom is -0.395 e. The number of aliphatic imine (C=N–C) groups is 4. The van der Waals surface area contributed by atoms with E-state index in [1.54, 1.807) is 0 Å². The van der Waals surface area contributed by atoms with E-state index >= 15 is 0 Å². The van der Waals surface area contributed by atoms with Crippen LogP contribution >= 0.6 is 24.8 Å². The fourth-order valence-corrected chi connectivity index (χ4v) is 5.10. The van der Waals surface area contributed by atoms with Crippen LogP contribution in [0.3, 0.4) is 0 Å². The van der Waals surface area contributed by atoms with Crippen molar-refractivity contribution >= 4 is 48.2 Å². The van der Waals surface area contributed by atoms with Crippen molar-refractivity contribution in [3.8, 4) is 0 Å². The molecular formula is C28H54Cl2N12O2. The highest BCUT2D eigenvalue weighted by Crippen LogP contribution is 2.25. The molecule has 16 heteroatoms. The monoisotopic (exact) mass is 660 g/mol. The lowest BCUT2D eigenvalue weighted by molar-refractivity contribution is 0.250. The maximum Gasteiger partial charge on any atom is 0.133 e. The van der Waals surface area contributed by atoms with Crippen molar-refractivity contribution in [1.82, 2.24) is 20.4 Å². The molecule has 0 aromatic carbocycles. The van der Waals surface area contributed by atoms with Gasteiger partial charge in [0.1, 0.15) is 45.5 Å². The van der Waals surface area contributed by atoms with Gasteiger partial charge in [0.15, 0.2) is 0 Å². The predicted octanol–water partition coefficient (Wildman–Crippen LogP) is 2.25. The molecule has 0 saturated heterocycles. The molecule has 0 aliphatic carbocycles. The zero-order valence-corrected chi connectivity index (χ0v) is 29.3. The van der Waals surface area contributed by atoms with Crippen LogP contribution in [0.5, 0.6) is 0 Å². The molecule has 0 atom stereocenters. The molecule has 0 unspecified atom stereocenters. The second-order valence-electron chi connectivity index (χ2n) is 12.8. The maximum atomic E-state index is 9.20. The van der Waals surface area contributed by atoms with Crippen LogP contribution in [-0.2, 0) is 0 Å². The Balaban J connectivity index is 0.000000436. The van der Waals surface area contributed by atoms with Crippen molar-refractivity contribution in [3.63, 3.8) is 0 Å². The Labute approximate surface area is 275 Å². The Morgan fingerprint density at radius 3 is 1.20 bits per heavy atom. The number of azo groups is 2. The summed E-state index contributed by atoms with van der Waals surface area (Å²) < 4.78 is 0. The van der Waals surface area contributed by atoms with E-state index in [2.05, 4.69) is 60.9 Å². The van der Waals surface area contributed by atoms with E-state index in [9.17, 15) is 10.2 Å². The summed E-state index contributed by atoms with van der Waals surface area (Å²) >= 11 is 0. The van der Waals surface area contributed by atoms with Crippen molar-refractivity contribution in [2.75, 3.05) is 78.7 Å². The minimum absolute atomic E-state index is 0. The van der Waals surface area contributed by atoms with E-state index in [1.165, 1.54) is 0 Å². The van der Waals surface area contributed by atoms with Gasteiger partial charge < -0.3 is 30.6 Å². The van der Waals surface area contributed by atoms with Gasteiger partial charge in [-0.3, -0.25) is 20.0 Å². The Kier molecular flexibility index (Phi) is 15.1. The summed E-state index contributed by atoms with van der Waals surface area (Å²) in [6.07, 6.45) is 0. The standard InChI is InChI=1S/C16H30N6O2.C12H22N6.2ClH/c1-15(2,13-17-5-7-21(13)9-11-23)19-20-16(3,4)14-18-6-8-22(14)10-12-24;1-11(2,9-13-5-6-14-9)17-18-12(3,4)10-15-7-8-16-10;;/h23-24H,5-12H2,1-4H3;5-8H2,1-4H3,(H,13,14)(H,15,16);2*1H. The number of nitrogens with zero attached hydrogens (tertiary/aromatic N) is 10. The smallest absolute Gasteiger partial charge is 0.133 e. The van der Waals surface area contributed by atoms with Gasteiger partial charge in [-0.1, -0.05) is 0 Å². The van der Waals surface area contributed by atoms with Crippen molar-refractivity contribution in [3.05, 3.63) is 0 Å². The number of hydrogen-bond donors (Lipinski definition) is 4. The molecule has 0 aromatic rings. The first kappa shape index (κ1) is 39.6. The van der Waals surface area contributed by atoms with Gasteiger partial charge in [0, 0.05) is 39.3 Å². The van der Waals surface area contributed by atoms with Gasteiger partial charge in [0.05, 0.1) is 39.4 Å². The Morgan fingerprint density at radius 1 is 0.568 bits per heavy atom. The average molecular weight is 662 g/mol. The van der Waals surface area contributed by atoms with Crippen LogP contribution < -0.4 is 10.6 Å². The predicted molar refractivity (Wildman–Crippen MR) is 183 cm³/mol. The summed E-state index contributed by atoms with van der Waals surface area (Å²) in [7, 11) is 0. The summed E-state index contributed by atoms with van der Waals surface area (Å²) in [5, 5.41) is 43.0. The molecular weight excluding hydrogens is 607 g/mol. The summed E-state index contributed by atoms with van der Waals surface area (Å²) in [4.78, 5) is 22.1. The molecule has 252 valence electrons. The van der Waals surface area contributed by atoms with Gasteiger partial charge in [-0.25, -0.2) is 0 Å². The highest BCUT2D eigenvalue weighted by atomic mass is 35.5. The number of aliphatic hydroxyl groups excluding tert-OH is 2. The molecule has 4 rings (SSSR count). The van der Waals surface area contributed by atoms with Gasteiger partial charge in [0.2, 0.25) is 0 Å². The van der Waals surface area contributed by atoms with E-state index < -0.39 is 22.2 Å². The third-order valence-electron chi connectivity index (χ3n) is 7.30. The zero-order chi connectivity index (χ0) is 31.0. The third kappa shape index (κ3) is 10.3. The first-order valence-electron chi connectivity index (χ1n) is 15.0. The molecule has 0 amide bonds. The number of amidine groups is 4. The quantitative estimate of drug-likeness (QED) is 0.234. The second kappa shape index (κ2) is 16.8. The highest BCUT2D eigenvalue weighted by Gasteiger charge is 2.36. The zero-order valence-electron chi connectivity index (χ0n) is 27.7. The third-order valence-corrected chi connectivity index (χ3v) is 7.30. The Morgan fingerprint density at radius 2 is 0.909 bits per heavy atom. The number of aliphatic hydroxyl groups is 2. The molecule has 14 nitrogen and oxygen atoms in total. The molecule has 0 bridgehead atoms. The lowest BCUT2D eigenvalue weighted by atomic mass is 10.0. The molecule has 4 N–H and O–H groups in total. The van der Waals surface area contributed by atoms with Gasteiger partial charge in [-0.05, 0) is 55.4 Å². The van der Waals surface area contributed by atoms with E-state index in [1.807, 2.05) is 55.4 Å². The molecule has 44 heavy (non-hydrogen) atoms. The molecule has 0 radical (unpaired) electrons. The minimum atomic E-state index is -0.552. The van der Waals surface area contributed by atoms with E-state index in [0.29, 0.717) is 13.1 Å². The topological polar surface area (TPSA) is 170 Å². The molecule has 0 saturated carbocycles. The summed E-state index contributed by atoms with van der Waals surface area (Å²) in [5.41, 5.74) is -1.90. The van der Waals surface area contributed by atoms with E-state index in [0.717, 1.165) is 75.7 Å². The fourth-order valence-electron chi connectivity index (χ4n) is 5.10. The molecule has 4 aliphatic heterocycles. The Bertz CT molecular complexity index is 1030. The highest BCUT2D eigenvalue weighted by molar-refractivity contribution is 5.94. The summed E-state index contributed by atoms with van der Waals surface area (Å²) in [6.45, 7) is 23.9. The second-order valence-corrected chi connectivity index (χ2v) is 12.8. The van der Waals surface area contributed by atoms with Crippen molar-refractivity contribution < 1.29 is 10.2 Å². The lowest BCUT2D eigenvalue weighted by Crippen LogP contribution is -2.45. The fraction of sp³-hybridized carbons (Fsp3) is 0.857. The van der Waals surface area contributed by atoms with Crippen molar-refractivity contribution in [2.24, 2.45) is 40.4 Å².